The van der Waals surface area contributed by atoms with Gasteiger partial charge in [-0.15, -0.1) is 0 Å². The van der Waals surface area contributed by atoms with Crippen LogP contribution in [-0.4, -0.2) is 5.78 Å². The maximum absolute atomic E-state index is 13.3. The molecule has 20 heavy (non-hydrogen) atoms. The minimum Gasteiger partial charge on any atom is -0.359 e. The molecule has 0 aliphatic heterocycles. The fraction of sp³-hybridized carbons (Fsp3) is 0. The molecule has 0 atom stereocenters. The summed E-state index contributed by atoms with van der Waals surface area (Å²) in [4.78, 5) is 11.8. The Labute approximate surface area is 123 Å². The van der Waals surface area contributed by atoms with Gasteiger partial charge in [-0.25, -0.2) is 8.78 Å². The highest BCUT2D eigenvalue weighted by Gasteiger charge is 2.03. The first-order valence-electron chi connectivity index (χ1n) is 5.74. The minimum absolute atomic E-state index is 0.102. The number of rotatable bonds is 4. The van der Waals surface area contributed by atoms with Crippen LogP contribution in [0.15, 0.2) is 59.2 Å². The molecule has 0 saturated heterocycles. The third-order valence-corrected chi connectivity index (χ3v) is 3.01. The molecule has 2 aromatic rings. The highest BCUT2D eigenvalue weighted by Crippen LogP contribution is 2.15. The first kappa shape index (κ1) is 14.4. The van der Waals surface area contributed by atoms with Gasteiger partial charge in [0.05, 0.1) is 5.69 Å². The van der Waals surface area contributed by atoms with Crippen molar-refractivity contribution in [2.24, 2.45) is 0 Å². The summed E-state index contributed by atoms with van der Waals surface area (Å²) in [6, 6.07) is 10.1. The van der Waals surface area contributed by atoms with Gasteiger partial charge in [-0.2, -0.15) is 0 Å². The highest BCUT2D eigenvalue weighted by atomic mass is 79.9. The molecule has 0 saturated carbocycles. The maximum Gasteiger partial charge on any atom is 0.187 e. The Balaban J connectivity index is 2.05. The van der Waals surface area contributed by atoms with Gasteiger partial charge in [-0.1, -0.05) is 28.1 Å². The van der Waals surface area contributed by atoms with E-state index in [1.807, 2.05) is 6.07 Å². The van der Waals surface area contributed by atoms with Gasteiger partial charge in [-0.3, -0.25) is 4.79 Å². The lowest BCUT2D eigenvalue weighted by Crippen LogP contribution is -1.97. The third-order valence-electron chi connectivity index (χ3n) is 2.51. The third kappa shape index (κ3) is 3.74. The lowest BCUT2D eigenvalue weighted by Gasteiger charge is -2.02. The van der Waals surface area contributed by atoms with Gasteiger partial charge in [0.1, 0.15) is 11.6 Å². The van der Waals surface area contributed by atoms with Crippen molar-refractivity contribution in [2.45, 2.75) is 0 Å². The summed E-state index contributed by atoms with van der Waals surface area (Å²) in [6.45, 7) is 0. The average molecular weight is 338 g/mol. The maximum atomic E-state index is 13.3. The van der Waals surface area contributed by atoms with Crippen molar-refractivity contribution in [3.05, 3.63) is 76.4 Å². The Morgan fingerprint density at radius 2 is 1.95 bits per heavy atom. The quantitative estimate of drug-likeness (QED) is 0.655. The van der Waals surface area contributed by atoms with Crippen LogP contribution in [0.25, 0.3) is 0 Å². The lowest BCUT2D eigenvalue weighted by atomic mass is 10.1. The fourth-order valence-electron chi connectivity index (χ4n) is 1.55. The fourth-order valence-corrected chi connectivity index (χ4v) is 1.95. The molecule has 0 aliphatic rings. The molecule has 1 N–H and O–H groups in total. The molecule has 0 aliphatic carbocycles. The van der Waals surface area contributed by atoms with Crippen molar-refractivity contribution in [1.29, 1.82) is 0 Å². The summed E-state index contributed by atoms with van der Waals surface area (Å²) in [5, 5.41) is 2.60. The Morgan fingerprint density at radius 3 is 2.65 bits per heavy atom. The Morgan fingerprint density at radius 1 is 1.15 bits per heavy atom. The van der Waals surface area contributed by atoms with Gasteiger partial charge in [0.2, 0.25) is 0 Å². The van der Waals surface area contributed by atoms with Gasteiger partial charge in [0.15, 0.2) is 5.78 Å². The molecule has 2 nitrogen and oxygen atoms in total. The number of nitrogens with one attached hydrogen (secondary N) is 1. The van der Waals surface area contributed by atoms with Crippen molar-refractivity contribution < 1.29 is 13.6 Å². The van der Waals surface area contributed by atoms with E-state index in [9.17, 15) is 13.6 Å². The Bertz CT molecular complexity index is 671. The summed E-state index contributed by atoms with van der Waals surface area (Å²) in [7, 11) is 0. The van der Waals surface area contributed by atoms with Crippen LogP contribution in [0.5, 0.6) is 0 Å². The minimum atomic E-state index is -0.718. The van der Waals surface area contributed by atoms with Crippen molar-refractivity contribution in [3.8, 4) is 0 Å². The van der Waals surface area contributed by atoms with E-state index in [-0.39, 0.29) is 11.5 Å². The van der Waals surface area contributed by atoms with Gasteiger partial charge in [0, 0.05) is 28.4 Å². The van der Waals surface area contributed by atoms with Crippen LogP contribution in [0, 0.1) is 11.6 Å². The predicted molar refractivity (Wildman–Crippen MR) is 77.6 cm³/mol. The van der Waals surface area contributed by atoms with Gasteiger partial charge >= 0.3 is 0 Å². The molecule has 0 aromatic heterocycles. The van der Waals surface area contributed by atoms with Crippen molar-refractivity contribution >= 4 is 27.4 Å². The molecule has 2 rings (SSSR count). The topological polar surface area (TPSA) is 29.1 Å². The van der Waals surface area contributed by atoms with E-state index in [1.165, 1.54) is 18.3 Å². The zero-order valence-electron chi connectivity index (χ0n) is 10.2. The standard InChI is InChI=1S/C15H10BrF2NO/c16-11-3-1-2-10(8-11)15(20)6-7-19-14-5-4-12(17)9-13(14)18/h1-9,19H/b7-6+. The number of anilines is 1. The van der Waals surface area contributed by atoms with Crippen molar-refractivity contribution in [1.82, 2.24) is 0 Å². The van der Waals surface area contributed by atoms with Gasteiger partial charge in [0.25, 0.3) is 0 Å². The van der Waals surface area contributed by atoms with E-state index < -0.39 is 11.6 Å². The summed E-state index contributed by atoms with van der Waals surface area (Å²) in [5.74, 6) is -1.59. The first-order valence-corrected chi connectivity index (χ1v) is 6.53. The number of ketones is 1. The average Bonchev–Trinajstić information content (AvgIpc) is 2.41. The van der Waals surface area contributed by atoms with Crippen LogP contribution in [0.2, 0.25) is 0 Å². The Hall–Kier alpha value is -2.01. The second-order valence-electron chi connectivity index (χ2n) is 3.98. The molecular formula is C15H10BrF2NO. The molecule has 0 unspecified atom stereocenters. The number of halogens is 3. The molecule has 0 radical (unpaired) electrons. The van der Waals surface area contributed by atoms with Crippen LogP contribution in [-0.2, 0) is 0 Å². The summed E-state index contributed by atoms with van der Waals surface area (Å²) < 4.78 is 26.8. The second-order valence-corrected chi connectivity index (χ2v) is 4.89. The van der Waals surface area contributed by atoms with E-state index in [4.69, 9.17) is 0 Å². The number of hydrogen-bond donors (Lipinski definition) is 1. The first-order chi connectivity index (χ1) is 9.56. The molecule has 5 heteroatoms. The molecule has 0 heterocycles. The monoisotopic (exact) mass is 337 g/mol. The van der Waals surface area contributed by atoms with Crippen LogP contribution in [0.1, 0.15) is 10.4 Å². The second kappa shape index (κ2) is 6.43. The molecule has 0 bridgehead atoms. The SMILES string of the molecule is O=C(/C=C/Nc1ccc(F)cc1F)c1cccc(Br)c1. The number of benzene rings is 2. The van der Waals surface area contributed by atoms with Crippen molar-refractivity contribution in [3.63, 3.8) is 0 Å². The van der Waals surface area contributed by atoms with E-state index in [0.717, 1.165) is 16.6 Å². The summed E-state index contributed by atoms with van der Waals surface area (Å²) >= 11 is 3.27. The van der Waals surface area contributed by atoms with Gasteiger partial charge < -0.3 is 5.32 Å². The summed E-state index contributed by atoms with van der Waals surface area (Å²) in [6.07, 6.45) is 2.60. The van der Waals surface area contributed by atoms with Crippen LogP contribution < -0.4 is 5.32 Å². The van der Waals surface area contributed by atoms with Crippen LogP contribution in [0.4, 0.5) is 14.5 Å². The zero-order chi connectivity index (χ0) is 14.5. The normalized spacial score (nSPS) is 10.8. The molecular weight excluding hydrogens is 328 g/mol. The molecule has 0 spiro atoms. The number of carbonyl (C=O) groups excluding carboxylic acids is 1. The number of hydrogen-bond acceptors (Lipinski definition) is 2. The van der Waals surface area contributed by atoms with E-state index in [0.29, 0.717) is 5.56 Å². The van der Waals surface area contributed by atoms with Gasteiger partial charge in [-0.05, 0) is 24.3 Å². The van der Waals surface area contributed by atoms with E-state index in [1.54, 1.807) is 18.2 Å². The smallest absolute Gasteiger partial charge is 0.187 e. The lowest BCUT2D eigenvalue weighted by molar-refractivity contribution is 0.104. The molecule has 2 aromatic carbocycles. The highest BCUT2D eigenvalue weighted by molar-refractivity contribution is 9.10. The predicted octanol–water partition coefficient (Wildman–Crippen LogP) is 4.54. The van der Waals surface area contributed by atoms with Crippen LogP contribution >= 0.6 is 15.9 Å². The largest absolute Gasteiger partial charge is 0.359 e. The molecule has 0 fully saturated rings. The zero-order valence-corrected chi connectivity index (χ0v) is 11.8. The number of carbonyl (C=O) groups is 1. The van der Waals surface area contributed by atoms with E-state index >= 15 is 0 Å². The molecule has 0 amide bonds. The van der Waals surface area contributed by atoms with Crippen LogP contribution in [0.3, 0.4) is 0 Å². The van der Waals surface area contributed by atoms with Crippen molar-refractivity contribution in [2.75, 3.05) is 5.32 Å². The number of allylic oxidation sites excluding steroid dienone is 1. The van der Waals surface area contributed by atoms with E-state index in [2.05, 4.69) is 21.2 Å². The Kier molecular flexibility index (Phi) is 4.63. The summed E-state index contributed by atoms with van der Waals surface area (Å²) in [5.41, 5.74) is 0.613. The molecule has 102 valence electrons.